The van der Waals surface area contributed by atoms with E-state index in [0.29, 0.717) is 19.7 Å². The van der Waals surface area contributed by atoms with Gasteiger partial charge in [0.1, 0.15) is 0 Å². The summed E-state index contributed by atoms with van der Waals surface area (Å²) in [6.45, 7) is 3.73. The Labute approximate surface area is 157 Å². The number of methoxy groups -OCH3 is 1. The van der Waals surface area contributed by atoms with E-state index < -0.39 is 0 Å². The van der Waals surface area contributed by atoms with Crippen LogP contribution < -0.4 is 5.32 Å². The number of nitrogens with zero attached hydrogens (tertiary/aromatic N) is 1. The number of hydrogen-bond donors (Lipinski definition) is 1. The Morgan fingerprint density at radius 1 is 1.21 bits per heavy atom. The van der Waals surface area contributed by atoms with Crippen LogP contribution in [0, 0.1) is 3.57 Å². The second-order valence-corrected chi connectivity index (χ2v) is 6.85. The van der Waals surface area contributed by atoms with Gasteiger partial charge in [0.25, 0.3) is 0 Å². The lowest BCUT2D eigenvalue weighted by molar-refractivity contribution is -0.118. The van der Waals surface area contributed by atoms with E-state index >= 15 is 0 Å². The van der Waals surface area contributed by atoms with E-state index in [1.165, 1.54) is 5.56 Å². The van der Waals surface area contributed by atoms with Crippen molar-refractivity contribution in [2.45, 2.75) is 13.0 Å². The van der Waals surface area contributed by atoms with Gasteiger partial charge in [0, 0.05) is 29.0 Å². The van der Waals surface area contributed by atoms with Gasteiger partial charge in [-0.2, -0.15) is 0 Å². The predicted molar refractivity (Wildman–Crippen MR) is 106 cm³/mol. The minimum Gasteiger partial charge on any atom is -0.383 e. The van der Waals surface area contributed by atoms with Crippen LogP contribution in [-0.4, -0.2) is 37.6 Å². The van der Waals surface area contributed by atoms with E-state index in [0.717, 1.165) is 9.26 Å². The van der Waals surface area contributed by atoms with Crippen molar-refractivity contribution in [3.8, 4) is 0 Å². The summed E-state index contributed by atoms with van der Waals surface area (Å²) in [5.74, 6) is -0.0177. The molecule has 0 fully saturated rings. The first-order valence-electron chi connectivity index (χ1n) is 7.93. The molecule has 128 valence electrons. The first kappa shape index (κ1) is 18.9. The van der Waals surface area contributed by atoms with Crippen molar-refractivity contribution in [3.63, 3.8) is 0 Å². The normalized spacial score (nSPS) is 12.2. The molecule has 1 atom stereocenters. The third kappa shape index (κ3) is 5.89. The Bertz CT molecular complexity index is 649. The highest BCUT2D eigenvalue weighted by molar-refractivity contribution is 14.1. The number of benzene rings is 2. The third-order valence-corrected chi connectivity index (χ3v) is 4.54. The summed E-state index contributed by atoms with van der Waals surface area (Å²) in [4.78, 5) is 14.6. The molecule has 24 heavy (non-hydrogen) atoms. The van der Waals surface area contributed by atoms with E-state index in [1.54, 1.807) is 7.11 Å². The van der Waals surface area contributed by atoms with Crippen LogP contribution in [0.15, 0.2) is 54.6 Å². The van der Waals surface area contributed by atoms with Gasteiger partial charge in [0.05, 0.1) is 13.2 Å². The summed E-state index contributed by atoms with van der Waals surface area (Å²) in [5.41, 5.74) is 2.02. The maximum atomic E-state index is 12.4. The molecule has 0 heterocycles. The fourth-order valence-electron chi connectivity index (χ4n) is 2.51. The lowest BCUT2D eigenvalue weighted by atomic mass is 10.1. The van der Waals surface area contributed by atoms with Crippen LogP contribution in [0.1, 0.15) is 18.5 Å². The van der Waals surface area contributed by atoms with Gasteiger partial charge >= 0.3 is 0 Å². The largest absolute Gasteiger partial charge is 0.383 e. The summed E-state index contributed by atoms with van der Waals surface area (Å²) >= 11 is 2.24. The van der Waals surface area contributed by atoms with Crippen molar-refractivity contribution in [3.05, 3.63) is 63.7 Å². The highest BCUT2D eigenvalue weighted by Crippen LogP contribution is 2.20. The molecule has 0 aliphatic rings. The van der Waals surface area contributed by atoms with Gasteiger partial charge in [-0.1, -0.05) is 36.4 Å². The minimum absolute atomic E-state index is 0.0177. The molecule has 2 aromatic carbocycles. The number of ether oxygens (including phenoxy) is 1. The number of anilines is 1. The highest BCUT2D eigenvalue weighted by Gasteiger charge is 2.18. The molecule has 0 aliphatic heterocycles. The molecule has 1 N–H and O–H groups in total. The third-order valence-electron chi connectivity index (χ3n) is 3.87. The monoisotopic (exact) mass is 438 g/mol. The molecule has 2 rings (SSSR count). The Morgan fingerprint density at radius 3 is 2.62 bits per heavy atom. The zero-order valence-electron chi connectivity index (χ0n) is 14.0. The average molecular weight is 438 g/mol. The van der Waals surface area contributed by atoms with Crippen molar-refractivity contribution >= 4 is 34.2 Å². The van der Waals surface area contributed by atoms with Gasteiger partial charge < -0.3 is 10.1 Å². The van der Waals surface area contributed by atoms with Crippen LogP contribution in [0.2, 0.25) is 0 Å². The van der Waals surface area contributed by atoms with Crippen LogP contribution in [0.25, 0.3) is 0 Å². The quantitative estimate of drug-likeness (QED) is 0.635. The van der Waals surface area contributed by atoms with E-state index in [2.05, 4.69) is 51.9 Å². The Hall–Kier alpha value is -1.44. The summed E-state index contributed by atoms with van der Waals surface area (Å²) in [7, 11) is 1.68. The van der Waals surface area contributed by atoms with E-state index in [1.807, 2.05) is 42.5 Å². The zero-order chi connectivity index (χ0) is 17.4. The van der Waals surface area contributed by atoms with Crippen molar-refractivity contribution < 1.29 is 9.53 Å². The van der Waals surface area contributed by atoms with Crippen molar-refractivity contribution in [1.29, 1.82) is 0 Å². The summed E-state index contributed by atoms with van der Waals surface area (Å²) in [6, 6.07) is 18.1. The second-order valence-electron chi connectivity index (χ2n) is 5.61. The first-order valence-corrected chi connectivity index (χ1v) is 9.01. The fourth-order valence-corrected chi connectivity index (χ4v) is 3.05. The lowest BCUT2D eigenvalue weighted by Crippen LogP contribution is -2.37. The smallest absolute Gasteiger partial charge is 0.238 e. The topological polar surface area (TPSA) is 41.6 Å². The molecule has 5 heteroatoms. The van der Waals surface area contributed by atoms with Gasteiger partial charge in [0.15, 0.2) is 0 Å². The van der Waals surface area contributed by atoms with Crippen molar-refractivity contribution in [2.75, 3.05) is 32.1 Å². The maximum Gasteiger partial charge on any atom is 0.238 e. The SMILES string of the molecule is COCCN(CC(=O)Nc1cccc(I)c1)C(C)c1ccccc1. The number of amides is 1. The molecule has 2 aromatic rings. The zero-order valence-corrected chi connectivity index (χ0v) is 16.2. The number of carbonyl (C=O) groups excluding carboxylic acids is 1. The number of carbonyl (C=O) groups is 1. The maximum absolute atomic E-state index is 12.4. The van der Waals surface area contributed by atoms with Crippen LogP contribution in [0.4, 0.5) is 5.69 Å². The molecule has 0 saturated heterocycles. The molecule has 0 radical (unpaired) electrons. The van der Waals surface area contributed by atoms with E-state index in [9.17, 15) is 4.79 Å². The summed E-state index contributed by atoms with van der Waals surface area (Å²) < 4.78 is 6.30. The molecule has 1 amide bonds. The average Bonchev–Trinajstić information content (AvgIpc) is 2.58. The molecule has 0 aromatic heterocycles. The Morgan fingerprint density at radius 2 is 1.96 bits per heavy atom. The van der Waals surface area contributed by atoms with Crippen LogP contribution >= 0.6 is 22.6 Å². The molecule has 0 saturated carbocycles. The second kappa shape index (κ2) is 9.76. The summed E-state index contributed by atoms with van der Waals surface area (Å²) in [6.07, 6.45) is 0. The molecule has 0 spiro atoms. The highest BCUT2D eigenvalue weighted by atomic mass is 127. The molecule has 1 unspecified atom stereocenters. The molecular weight excluding hydrogens is 415 g/mol. The predicted octanol–water partition coefficient (Wildman–Crippen LogP) is 3.94. The summed E-state index contributed by atoms with van der Waals surface area (Å²) in [5, 5.41) is 2.97. The minimum atomic E-state index is -0.0177. The lowest BCUT2D eigenvalue weighted by Gasteiger charge is -2.28. The van der Waals surface area contributed by atoms with Crippen molar-refractivity contribution in [2.24, 2.45) is 0 Å². The molecule has 0 aliphatic carbocycles. The van der Waals surface area contributed by atoms with Gasteiger partial charge in [0.2, 0.25) is 5.91 Å². The van der Waals surface area contributed by atoms with Crippen molar-refractivity contribution in [1.82, 2.24) is 4.90 Å². The Balaban J connectivity index is 2.03. The molecule has 4 nitrogen and oxygen atoms in total. The van der Waals surface area contributed by atoms with Gasteiger partial charge in [-0.25, -0.2) is 0 Å². The molecular formula is C19H23IN2O2. The van der Waals surface area contributed by atoms with Crippen LogP contribution in [0.5, 0.6) is 0 Å². The first-order chi connectivity index (χ1) is 11.6. The number of nitrogens with one attached hydrogen (secondary N) is 1. The van der Waals surface area contributed by atoms with Gasteiger partial charge in [-0.15, -0.1) is 0 Å². The number of rotatable bonds is 8. The van der Waals surface area contributed by atoms with Gasteiger partial charge in [-0.3, -0.25) is 9.69 Å². The van der Waals surface area contributed by atoms with Crippen LogP contribution in [0.3, 0.4) is 0 Å². The van der Waals surface area contributed by atoms with Crippen LogP contribution in [-0.2, 0) is 9.53 Å². The standard InChI is InChI=1S/C19H23IN2O2/c1-15(16-7-4-3-5-8-16)22(11-12-24-2)14-19(23)21-18-10-6-9-17(20)13-18/h3-10,13,15H,11-12,14H2,1-2H3,(H,21,23). The molecule has 0 bridgehead atoms. The Kier molecular flexibility index (Phi) is 7.68. The fraction of sp³-hybridized carbons (Fsp3) is 0.316. The van der Waals surface area contributed by atoms with E-state index in [4.69, 9.17) is 4.74 Å². The number of hydrogen-bond acceptors (Lipinski definition) is 3. The van der Waals surface area contributed by atoms with Gasteiger partial charge in [-0.05, 0) is 53.3 Å². The van der Waals surface area contributed by atoms with E-state index in [-0.39, 0.29) is 11.9 Å². The number of halogens is 1.